The van der Waals surface area contributed by atoms with Gasteiger partial charge in [-0.15, -0.1) is 0 Å². The summed E-state index contributed by atoms with van der Waals surface area (Å²) in [6, 6.07) is 11.5. The van der Waals surface area contributed by atoms with E-state index in [0.717, 1.165) is 30.8 Å². The molecule has 6 nitrogen and oxygen atoms in total. The Hall–Kier alpha value is -2.86. The Morgan fingerprint density at radius 2 is 2.00 bits per heavy atom. The summed E-state index contributed by atoms with van der Waals surface area (Å²) in [4.78, 5) is 19.2. The molecule has 1 amide bonds. The van der Waals surface area contributed by atoms with Crippen molar-refractivity contribution in [3.05, 3.63) is 54.6 Å². The van der Waals surface area contributed by atoms with Crippen molar-refractivity contribution in [2.75, 3.05) is 19.6 Å². The highest BCUT2D eigenvalue weighted by molar-refractivity contribution is 5.92. The largest absolute Gasteiger partial charge is 0.451 e. The van der Waals surface area contributed by atoms with Crippen LogP contribution in [0.5, 0.6) is 0 Å². The lowest BCUT2D eigenvalue weighted by atomic mass is 9.84. The van der Waals surface area contributed by atoms with Gasteiger partial charge >= 0.3 is 0 Å². The molecule has 1 unspecified atom stereocenters. The third-order valence-corrected chi connectivity index (χ3v) is 5.63. The first kappa shape index (κ1) is 16.3. The van der Waals surface area contributed by atoms with Gasteiger partial charge in [0.05, 0.1) is 6.20 Å². The maximum Gasteiger partial charge on any atom is 0.287 e. The second kappa shape index (κ2) is 6.70. The molecule has 1 N–H and O–H groups in total. The summed E-state index contributed by atoms with van der Waals surface area (Å²) >= 11 is 0. The van der Waals surface area contributed by atoms with Crippen LogP contribution in [0.1, 0.15) is 23.4 Å². The molecule has 2 aromatic heterocycles. The molecule has 3 aromatic rings. The molecule has 1 atom stereocenters. The Balaban J connectivity index is 1.32. The fourth-order valence-electron chi connectivity index (χ4n) is 4.15. The van der Waals surface area contributed by atoms with Gasteiger partial charge in [0.2, 0.25) is 5.89 Å². The van der Waals surface area contributed by atoms with E-state index in [0.29, 0.717) is 23.3 Å². The third kappa shape index (κ3) is 3.17. The molecule has 3 saturated heterocycles. The topological polar surface area (TPSA) is 71.5 Å². The van der Waals surface area contributed by atoms with Crippen molar-refractivity contribution < 1.29 is 13.6 Å². The van der Waals surface area contributed by atoms with Crippen LogP contribution in [0, 0.1) is 5.92 Å². The number of furan rings is 1. The van der Waals surface area contributed by atoms with E-state index in [1.165, 1.54) is 12.8 Å². The van der Waals surface area contributed by atoms with Crippen molar-refractivity contribution in [3.8, 4) is 22.8 Å². The first-order valence-corrected chi connectivity index (χ1v) is 9.39. The van der Waals surface area contributed by atoms with Gasteiger partial charge in [-0.2, -0.15) is 0 Å². The Labute approximate surface area is 157 Å². The second-order valence-electron chi connectivity index (χ2n) is 7.30. The Bertz CT molecular complexity index is 939. The van der Waals surface area contributed by atoms with E-state index in [4.69, 9.17) is 8.83 Å². The Kier molecular flexibility index (Phi) is 4.05. The molecule has 3 fully saturated rings. The number of rotatable bonds is 4. The van der Waals surface area contributed by atoms with Crippen molar-refractivity contribution in [3.63, 3.8) is 0 Å². The summed E-state index contributed by atoms with van der Waals surface area (Å²) in [6.07, 6.45) is 5.50. The van der Waals surface area contributed by atoms with Crippen LogP contribution >= 0.6 is 0 Å². The minimum atomic E-state index is -0.135. The lowest BCUT2D eigenvalue weighted by molar-refractivity contribution is 0.0606. The van der Waals surface area contributed by atoms with Gasteiger partial charge in [-0.25, -0.2) is 4.98 Å². The average Bonchev–Trinajstić information content (AvgIpc) is 3.41. The number of aromatic nitrogens is 1. The number of hydrogen-bond donors (Lipinski definition) is 1. The normalized spacial score (nSPS) is 24.1. The van der Waals surface area contributed by atoms with E-state index in [1.807, 2.05) is 30.3 Å². The molecule has 0 spiro atoms. The molecule has 5 heterocycles. The maximum atomic E-state index is 12.6. The number of carbonyl (C=O) groups excluding carboxylic acids is 1. The molecule has 0 aliphatic carbocycles. The van der Waals surface area contributed by atoms with Crippen LogP contribution in [0.3, 0.4) is 0 Å². The SMILES string of the molecule is O=C(NC1CN2CCC1CC2)c1ccc(-c2cccc(-c3ncco3)c2)o1. The van der Waals surface area contributed by atoms with Crippen LogP contribution < -0.4 is 5.32 Å². The number of benzene rings is 1. The maximum absolute atomic E-state index is 12.6. The van der Waals surface area contributed by atoms with Gasteiger partial charge in [0.25, 0.3) is 5.91 Å². The lowest BCUT2D eigenvalue weighted by Gasteiger charge is -2.44. The highest BCUT2D eigenvalue weighted by Crippen LogP contribution is 2.29. The van der Waals surface area contributed by atoms with Crippen LogP contribution in [-0.2, 0) is 0 Å². The van der Waals surface area contributed by atoms with Gasteiger partial charge in [-0.1, -0.05) is 12.1 Å². The van der Waals surface area contributed by atoms with Crippen LogP contribution in [0.4, 0.5) is 0 Å². The van der Waals surface area contributed by atoms with Gasteiger partial charge in [0, 0.05) is 23.7 Å². The van der Waals surface area contributed by atoms with Crippen LogP contribution in [0.15, 0.2) is 57.7 Å². The summed E-state index contributed by atoms with van der Waals surface area (Å²) in [6.45, 7) is 3.26. The standard InChI is InChI=1S/C21H21N3O3/c25-20(23-17-13-24-9-6-14(17)7-10-24)19-5-4-18(27-19)15-2-1-3-16(12-15)21-22-8-11-26-21/h1-5,8,11-12,14,17H,6-7,9-10,13H2,(H,23,25). The van der Waals surface area contributed by atoms with Crippen molar-refractivity contribution >= 4 is 5.91 Å². The van der Waals surface area contributed by atoms with Crippen molar-refractivity contribution in [2.45, 2.75) is 18.9 Å². The van der Waals surface area contributed by atoms with Crippen molar-refractivity contribution in [2.24, 2.45) is 5.92 Å². The zero-order valence-corrected chi connectivity index (χ0v) is 14.9. The third-order valence-electron chi connectivity index (χ3n) is 5.63. The minimum absolute atomic E-state index is 0.135. The molecule has 6 rings (SSSR count). The number of piperidine rings is 3. The number of amides is 1. The number of oxazole rings is 1. The number of nitrogens with zero attached hydrogens (tertiary/aromatic N) is 2. The summed E-state index contributed by atoms with van der Waals surface area (Å²) in [5.41, 5.74) is 1.75. The first-order chi connectivity index (χ1) is 13.3. The van der Waals surface area contributed by atoms with Crippen LogP contribution in [0.2, 0.25) is 0 Å². The Morgan fingerprint density at radius 3 is 2.74 bits per heavy atom. The molecule has 138 valence electrons. The lowest BCUT2D eigenvalue weighted by Crippen LogP contribution is -2.57. The molecule has 6 heteroatoms. The van der Waals surface area contributed by atoms with E-state index in [2.05, 4.69) is 15.2 Å². The molecular weight excluding hydrogens is 342 g/mol. The average molecular weight is 363 g/mol. The van der Waals surface area contributed by atoms with Gasteiger partial charge in [-0.05, 0) is 56.1 Å². The molecule has 0 radical (unpaired) electrons. The quantitative estimate of drug-likeness (QED) is 0.769. The fourth-order valence-corrected chi connectivity index (χ4v) is 4.15. The molecule has 1 aromatic carbocycles. The molecule has 27 heavy (non-hydrogen) atoms. The summed E-state index contributed by atoms with van der Waals surface area (Å²) in [5, 5.41) is 3.17. The Morgan fingerprint density at radius 1 is 1.15 bits per heavy atom. The predicted molar refractivity (Wildman–Crippen MR) is 100 cm³/mol. The fraction of sp³-hybridized carbons (Fsp3) is 0.333. The van der Waals surface area contributed by atoms with E-state index in [1.54, 1.807) is 18.5 Å². The number of nitrogens with one attached hydrogen (secondary N) is 1. The number of hydrogen-bond acceptors (Lipinski definition) is 5. The summed E-state index contributed by atoms with van der Waals surface area (Å²) < 4.78 is 11.2. The van der Waals surface area contributed by atoms with E-state index >= 15 is 0 Å². The van der Waals surface area contributed by atoms with Gasteiger partial charge in [-0.3, -0.25) is 4.79 Å². The number of carbonyl (C=O) groups is 1. The number of fused-ring (bicyclic) bond motifs is 3. The highest BCUT2D eigenvalue weighted by Gasteiger charge is 2.35. The molecular formula is C21H21N3O3. The smallest absolute Gasteiger partial charge is 0.287 e. The van der Waals surface area contributed by atoms with Crippen molar-refractivity contribution in [1.29, 1.82) is 0 Å². The first-order valence-electron chi connectivity index (χ1n) is 9.39. The van der Waals surface area contributed by atoms with Crippen molar-refractivity contribution in [1.82, 2.24) is 15.2 Å². The molecule has 2 bridgehead atoms. The zero-order valence-electron chi connectivity index (χ0n) is 14.9. The highest BCUT2D eigenvalue weighted by atomic mass is 16.4. The summed E-state index contributed by atoms with van der Waals surface area (Å²) in [7, 11) is 0. The van der Waals surface area contributed by atoms with Crippen LogP contribution in [-0.4, -0.2) is 41.5 Å². The van der Waals surface area contributed by atoms with E-state index in [-0.39, 0.29) is 11.9 Å². The molecule has 3 aliphatic rings. The zero-order chi connectivity index (χ0) is 18.2. The molecule has 0 saturated carbocycles. The van der Waals surface area contributed by atoms with Crippen LogP contribution in [0.25, 0.3) is 22.8 Å². The van der Waals surface area contributed by atoms with E-state index < -0.39 is 0 Å². The van der Waals surface area contributed by atoms with Gasteiger partial charge in [0.1, 0.15) is 12.0 Å². The van der Waals surface area contributed by atoms with E-state index in [9.17, 15) is 4.79 Å². The minimum Gasteiger partial charge on any atom is -0.451 e. The second-order valence-corrected chi connectivity index (χ2v) is 7.30. The molecule has 3 aliphatic heterocycles. The summed E-state index contributed by atoms with van der Waals surface area (Å²) in [5.74, 6) is 2.02. The monoisotopic (exact) mass is 363 g/mol. The predicted octanol–water partition coefficient (Wildman–Crippen LogP) is 3.43. The van der Waals surface area contributed by atoms with Gasteiger partial charge < -0.3 is 19.1 Å². The van der Waals surface area contributed by atoms with Gasteiger partial charge in [0.15, 0.2) is 5.76 Å².